The fraction of sp³-hybridized carbons (Fsp3) is 0.688. The third-order valence-electron chi connectivity index (χ3n) is 4.23. The van der Waals surface area contributed by atoms with E-state index in [0.29, 0.717) is 29.9 Å². The number of carbonyl (C=O) groups excluding carboxylic acids is 1. The third-order valence-corrected chi connectivity index (χ3v) is 4.23. The maximum absolute atomic E-state index is 11.7. The monoisotopic (exact) mass is 291 g/mol. The fourth-order valence-corrected chi connectivity index (χ4v) is 2.84. The minimum Gasteiger partial charge on any atom is -0.462 e. The summed E-state index contributed by atoms with van der Waals surface area (Å²) in [6.07, 6.45) is 7.71. The Balaban J connectivity index is 1.96. The van der Waals surface area contributed by atoms with Crippen LogP contribution in [-0.4, -0.2) is 28.6 Å². The molecule has 1 aromatic heterocycles. The number of carbonyl (C=O) groups is 1. The van der Waals surface area contributed by atoms with Gasteiger partial charge in [-0.15, -0.1) is 0 Å². The topological polar surface area (TPSA) is 64.1 Å². The first kappa shape index (κ1) is 15.7. The number of hydrogen-bond acceptors (Lipinski definition) is 5. The molecule has 0 spiro atoms. The molecule has 0 radical (unpaired) electrons. The van der Waals surface area contributed by atoms with Gasteiger partial charge in [0.05, 0.1) is 17.9 Å². The van der Waals surface area contributed by atoms with Crippen LogP contribution >= 0.6 is 0 Å². The van der Waals surface area contributed by atoms with Crippen LogP contribution < -0.4 is 5.32 Å². The molecular weight excluding hydrogens is 266 g/mol. The highest BCUT2D eigenvalue weighted by Crippen LogP contribution is 2.27. The molecule has 0 amide bonds. The average Bonchev–Trinajstić information content (AvgIpc) is 2.48. The predicted molar refractivity (Wildman–Crippen MR) is 82.4 cm³/mol. The SMILES string of the molecule is CCOC(=O)c1cnc(NC2CCC(CC)CC2)nc1C. The maximum Gasteiger partial charge on any atom is 0.341 e. The normalized spacial score (nSPS) is 21.9. The van der Waals surface area contributed by atoms with Crippen LogP contribution in [-0.2, 0) is 4.74 Å². The number of nitrogens with one attached hydrogen (secondary N) is 1. The molecule has 0 bridgehead atoms. The Bertz CT molecular complexity index is 482. The second kappa shape index (κ2) is 7.38. The molecule has 0 aromatic carbocycles. The minimum absolute atomic E-state index is 0.356. The molecule has 0 aliphatic heterocycles. The second-order valence-corrected chi connectivity index (χ2v) is 5.68. The zero-order valence-corrected chi connectivity index (χ0v) is 13.2. The molecule has 1 aliphatic rings. The summed E-state index contributed by atoms with van der Waals surface area (Å²) in [7, 11) is 0. The van der Waals surface area contributed by atoms with Crippen molar-refractivity contribution in [3.63, 3.8) is 0 Å². The molecule has 116 valence electrons. The van der Waals surface area contributed by atoms with Crippen molar-refractivity contribution in [2.45, 2.75) is 58.9 Å². The van der Waals surface area contributed by atoms with Gasteiger partial charge in [-0.1, -0.05) is 13.3 Å². The summed E-state index contributed by atoms with van der Waals surface area (Å²) in [5, 5.41) is 3.39. The molecule has 5 heteroatoms. The van der Waals surface area contributed by atoms with Gasteiger partial charge in [-0.2, -0.15) is 0 Å². The fourth-order valence-electron chi connectivity index (χ4n) is 2.84. The van der Waals surface area contributed by atoms with Crippen LogP contribution in [0.1, 0.15) is 62.0 Å². The first-order valence-electron chi connectivity index (χ1n) is 7.91. The zero-order valence-electron chi connectivity index (χ0n) is 13.2. The van der Waals surface area contributed by atoms with Gasteiger partial charge in [-0.05, 0) is 45.4 Å². The third kappa shape index (κ3) is 4.16. The molecule has 1 fully saturated rings. The molecule has 21 heavy (non-hydrogen) atoms. The second-order valence-electron chi connectivity index (χ2n) is 5.68. The van der Waals surface area contributed by atoms with Gasteiger partial charge >= 0.3 is 5.97 Å². The van der Waals surface area contributed by atoms with Crippen molar-refractivity contribution in [2.24, 2.45) is 5.92 Å². The summed E-state index contributed by atoms with van der Waals surface area (Å²) >= 11 is 0. The van der Waals surface area contributed by atoms with Crippen molar-refractivity contribution in [1.29, 1.82) is 0 Å². The summed E-state index contributed by atoms with van der Waals surface area (Å²) in [6.45, 7) is 6.22. The van der Waals surface area contributed by atoms with Gasteiger partial charge in [0, 0.05) is 12.2 Å². The number of esters is 1. The van der Waals surface area contributed by atoms with Crippen molar-refractivity contribution in [3.05, 3.63) is 17.5 Å². The Hall–Kier alpha value is -1.65. The maximum atomic E-state index is 11.7. The van der Waals surface area contributed by atoms with Gasteiger partial charge < -0.3 is 10.1 Å². The molecule has 1 aliphatic carbocycles. The quantitative estimate of drug-likeness (QED) is 0.843. The van der Waals surface area contributed by atoms with E-state index >= 15 is 0 Å². The van der Waals surface area contributed by atoms with Crippen molar-refractivity contribution in [1.82, 2.24) is 9.97 Å². The lowest BCUT2D eigenvalue weighted by atomic mass is 9.85. The Kier molecular flexibility index (Phi) is 5.53. The Labute approximate surface area is 126 Å². The first-order valence-corrected chi connectivity index (χ1v) is 7.91. The lowest BCUT2D eigenvalue weighted by Gasteiger charge is -2.28. The number of rotatable bonds is 5. The summed E-state index contributed by atoms with van der Waals surface area (Å²) < 4.78 is 4.98. The molecule has 1 N–H and O–H groups in total. The number of hydrogen-bond donors (Lipinski definition) is 1. The number of aryl methyl sites for hydroxylation is 1. The minimum atomic E-state index is -0.356. The zero-order chi connectivity index (χ0) is 15.2. The van der Waals surface area contributed by atoms with Crippen molar-refractivity contribution >= 4 is 11.9 Å². The van der Waals surface area contributed by atoms with E-state index in [9.17, 15) is 4.79 Å². The van der Waals surface area contributed by atoms with Crippen LogP contribution in [0, 0.1) is 12.8 Å². The van der Waals surface area contributed by atoms with Gasteiger partial charge in [0.25, 0.3) is 0 Å². The van der Waals surface area contributed by atoms with Crippen molar-refractivity contribution in [3.8, 4) is 0 Å². The van der Waals surface area contributed by atoms with Crippen LogP contribution in [0.3, 0.4) is 0 Å². The molecule has 1 heterocycles. The van der Waals surface area contributed by atoms with E-state index < -0.39 is 0 Å². The average molecular weight is 291 g/mol. The van der Waals surface area contributed by atoms with E-state index in [4.69, 9.17) is 4.74 Å². The highest BCUT2D eigenvalue weighted by atomic mass is 16.5. The number of anilines is 1. The molecule has 1 saturated carbocycles. The van der Waals surface area contributed by atoms with Crippen molar-refractivity contribution in [2.75, 3.05) is 11.9 Å². The number of aromatic nitrogens is 2. The van der Waals surface area contributed by atoms with E-state index in [1.807, 2.05) is 6.92 Å². The van der Waals surface area contributed by atoms with Gasteiger partial charge in [0.2, 0.25) is 5.95 Å². The molecule has 2 rings (SSSR count). The summed E-state index contributed by atoms with van der Waals surface area (Å²) in [6, 6.07) is 0.445. The smallest absolute Gasteiger partial charge is 0.341 e. The van der Waals surface area contributed by atoms with Gasteiger partial charge in [-0.3, -0.25) is 0 Å². The highest BCUT2D eigenvalue weighted by Gasteiger charge is 2.21. The Morgan fingerprint density at radius 1 is 1.33 bits per heavy atom. The van der Waals surface area contributed by atoms with E-state index in [1.54, 1.807) is 13.1 Å². The van der Waals surface area contributed by atoms with Crippen LogP contribution in [0.2, 0.25) is 0 Å². The standard InChI is InChI=1S/C16H25N3O2/c1-4-12-6-8-13(9-7-12)19-16-17-10-14(11(3)18-16)15(20)21-5-2/h10,12-13H,4-9H2,1-3H3,(H,17,18,19). The van der Waals surface area contributed by atoms with E-state index in [2.05, 4.69) is 22.2 Å². The van der Waals surface area contributed by atoms with Crippen LogP contribution in [0.4, 0.5) is 5.95 Å². The lowest BCUT2D eigenvalue weighted by molar-refractivity contribution is 0.0524. The first-order chi connectivity index (χ1) is 10.1. The number of nitrogens with zero attached hydrogens (tertiary/aromatic N) is 2. The van der Waals surface area contributed by atoms with Gasteiger partial charge in [0.1, 0.15) is 0 Å². The van der Waals surface area contributed by atoms with Crippen LogP contribution in [0.5, 0.6) is 0 Å². The summed E-state index contributed by atoms with van der Waals surface area (Å²) in [5.74, 6) is 1.13. The molecule has 0 saturated heterocycles. The molecule has 5 nitrogen and oxygen atoms in total. The van der Waals surface area contributed by atoms with Crippen LogP contribution in [0.15, 0.2) is 6.20 Å². The highest BCUT2D eigenvalue weighted by molar-refractivity contribution is 5.90. The predicted octanol–water partition coefficient (Wildman–Crippen LogP) is 3.34. The number of ether oxygens (including phenoxy) is 1. The van der Waals surface area contributed by atoms with E-state index in [0.717, 1.165) is 5.92 Å². The Morgan fingerprint density at radius 2 is 2.05 bits per heavy atom. The molecule has 0 atom stereocenters. The molecule has 0 unspecified atom stereocenters. The van der Waals surface area contributed by atoms with Gasteiger partial charge in [0.15, 0.2) is 0 Å². The van der Waals surface area contributed by atoms with E-state index in [-0.39, 0.29) is 5.97 Å². The summed E-state index contributed by atoms with van der Waals surface area (Å²) in [5.41, 5.74) is 1.10. The largest absolute Gasteiger partial charge is 0.462 e. The van der Waals surface area contributed by atoms with Gasteiger partial charge in [-0.25, -0.2) is 14.8 Å². The van der Waals surface area contributed by atoms with E-state index in [1.165, 1.54) is 32.1 Å². The summed E-state index contributed by atoms with van der Waals surface area (Å²) in [4.78, 5) is 20.4. The molecular formula is C16H25N3O2. The lowest BCUT2D eigenvalue weighted by Crippen LogP contribution is -2.27. The van der Waals surface area contributed by atoms with Crippen LogP contribution in [0.25, 0.3) is 0 Å². The Morgan fingerprint density at radius 3 is 2.62 bits per heavy atom. The molecule has 1 aromatic rings. The van der Waals surface area contributed by atoms with Crippen molar-refractivity contribution < 1.29 is 9.53 Å².